The molecule has 0 aliphatic rings. The first-order valence-corrected chi connectivity index (χ1v) is 11.0. The van der Waals surface area contributed by atoms with Gasteiger partial charge in [-0.05, 0) is 31.2 Å². The first-order valence-electron chi connectivity index (χ1n) is 8.69. The number of carbonyl (C=O) groups excluding carboxylic acids is 1. The third-order valence-corrected chi connectivity index (χ3v) is 6.37. The van der Waals surface area contributed by atoms with Gasteiger partial charge in [-0.25, -0.2) is 13.1 Å². The molecule has 0 spiro atoms. The van der Waals surface area contributed by atoms with Crippen LogP contribution in [0, 0.1) is 17.0 Å². The lowest BCUT2D eigenvalue weighted by Crippen LogP contribution is -2.25. The second-order valence-electron chi connectivity index (χ2n) is 6.22. The third-order valence-electron chi connectivity index (χ3n) is 3.99. The summed E-state index contributed by atoms with van der Waals surface area (Å²) < 4.78 is 27.0. The van der Waals surface area contributed by atoms with Gasteiger partial charge in [-0.2, -0.15) is 0 Å². The minimum Gasteiger partial charge on any atom is -0.296 e. The topological polar surface area (TPSA) is 144 Å². The molecule has 0 bridgehead atoms. The normalized spacial score (nSPS) is 11.2. The number of aromatic nitrogens is 2. The molecule has 1 amide bonds. The largest absolute Gasteiger partial charge is 0.296 e. The highest BCUT2D eigenvalue weighted by atomic mass is 32.2. The number of rotatable bonds is 8. The molecule has 156 valence electrons. The molecule has 1 heterocycles. The number of non-ortho nitro benzene ring substituents is 1. The summed E-state index contributed by atoms with van der Waals surface area (Å²) in [5.41, 5.74) is 1.09. The van der Waals surface area contributed by atoms with Gasteiger partial charge >= 0.3 is 0 Å². The van der Waals surface area contributed by atoms with Crippen LogP contribution in [0.4, 0.5) is 10.8 Å². The van der Waals surface area contributed by atoms with Crippen LogP contribution in [-0.2, 0) is 16.4 Å². The maximum atomic E-state index is 12.3. The number of benzene rings is 2. The summed E-state index contributed by atoms with van der Waals surface area (Å²) in [5, 5.41) is 21.8. The van der Waals surface area contributed by atoms with Gasteiger partial charge in [0.15, 0.2) is 0 Å². The van der Waals surface area contributed by atoms with Gasteiger partial charge in [0.25, 0.3) is 11.6 Å². The zero-order valence-electron chi connectivity index (χ0n) is 15.7. The van der Waals surface area contributed by atoms with E-state index in [0.717, 1.165) is 16.9 Å². The number of carbonyl (C=O) groups is 1. The van der Waals surface area contributed by atoms with Crippen molar-refractivity contribution >= 4 is 38.1 Å². The maximum absolute atomic E-state index is 12.3. The molecule has 0 atom stereocenters. The van der Waals surface area contributed by atoms with E-state index >= 15 is 0 Å². The van der Waals surface area contributed by atoms with Crippen LogP contribution in [-0.4, -0.2) is 36.0 Å². The number of nitro groups is 1. The van der Waals surface area contributed by atoms with Crippen molar-refractivity contribution in [3.8, 4) is 0 Å². The zero-order chi connectivity index (χ0) is 21.7. The Kier molecular flexibility index (Phi) is 6.50. The summed E-state index contributed by atoms with van der Waals surface area (Å²) in [7, 11) is -3.62. The Morgan fingerprint density at radius 3 is 2.40 bits per heavy atom. The third kappa shape index (κ3) is 5.43. The van der Waals surface area contributed by atoms with E-state index in [1.54, 1.807) is 12.1 Å². The highest BCUT2D eigenvalue weighted by molar-refractivity contribution is 7.89. The van der Waals surface area contributed by atoms with Gasteiger partial charge in [0.05, 0.1) is 9.82 Å². The SMILES string of the molecule is Cc1ccc(S(=O)(=O)NCCc2nnc(NC(=O)c3ccc([N+](=O)[O-])cc3)s2)cc1. The quantitative estimate of drug-likeness (QED) is 0.399. The summed E-state index contributed by atoms with van der Waals surface area (Å²) >= 11 is 1.12. The number of sulfonamides is 1. The second kappa shape index (κ2) is 9.07. The van der Waals surface area contributed by atoms with E-state index in [1.807, 2.05) is 6.92 Å². The lowest BCUT2D eigenvalue weighted by atomic mass is 10.2. The van der Waals surface area contributed by atoms with Crippen LogP contribution in [0.5, 0.6) is 0 Å². The maximum Gasteiger partial charge on any atom is 0.269 e. The first kappa shape index (κ1) is 21.5. The van der Waals surface area contributed by atoms with Crippen molar-refractivity contribution in [1.82, 2.24) is 14.9 Å². The molecule has 10 nitrogen and oxygen atoms in total. The number of nitrogens with one attached hydrogen (secondary N) is 2. The fourth-order valence-electron chi connectivity index (χ4n) is 2.40. The molecule has 0 radical (unpaired) electrons. The van der Waals surface area contributed by atoms with Gasteiger partial charge in [-0.3, -0.25) is 20.2 Å². The molecule has 0 fully saturated rings. The summed E-state index contributed by atoms with van der Waals surface area (Å²) in [6.07, 6.45) is 0.302. The molecule has 0 aliphatic heterocycles. The number of nitrogens with zero attached hydrogens (tertiary/aromatic N) is 3. The van der Waals surface area contributed by atoms with Crippen LogP contribution in [0.15, 0.2) is 53.4 Å². The van der Waals surface area contributed by atoms with Crippen LogP contribution in [0.1, 0.15) is 20.9 Å². The highest BCUT2D eigenvalue weighted by Crippen LogP contribution is 2.18. The van der Waals surface area contributed by atoms with Gasteiger partial charge in [-0.15, -0.1) is 10.2 Å². The summed E-state index contributed by atoms with van der Waals surface area (Å²) in [5.74, 6) is -0.479. The van der Waals surface area contributed by atoms with Crippen LogP contribution >= 0.6 is 11.3 Å². The number of hydrogen-bond acceptors (Lipinski definition) is 8. The number of aryl methyl sites for hydroxylation is 1. The molecule has 0 saturated heterocycles. The van der Waals surface area contributed by atoms with E-state index in [-0.39, 0.29) is 27.8 Å². The van der Waals surface area contributed by atoms with Crippen molar-refractivity contribution in [2.45, 2.75) is 18.2 Å². The lowest BCUT2D eigenvalue weighted by Gasteiger charge is -2.05. The molecule has 2 N–H and O–H groups in total. The molecular weight excluding hydrogens is 430 g/mol. The molecular formula is C18H17N5O5S2. The van der Waals surface area contributed by atoms with Crippen molar-refractivity contribution in [3.05, 3.63) is 74.8 Å². The minimum absolute atomic E-state index is 0.113. The summed E-state index contributed by atoms with van der Waals surface area (Å²) in [4.78, 5) is 22.5. The first-order chi connectivity index (χ1) is 14.2. The molecule has 12 heteroatoms. The molecule has 3 rings (SSSR count). The molecule has 30 heavy (non-hydrogen) atoms. The average molecular weight is 447 g/mol. The predicted molar refractivity (Wildman–Crippen MR) is 111 cm³/mol. The number of anilines is 1. The second-order valence-corrected chi connectivity index (χ2v) is 9.05. The average Bonchev–Trinajstić information content (AvgIpc) is 3.15. The Hall–Kier alpha value is -3.22. The molecule has 0 unspecified atom stereocenters. The van der Waals surface area contributed by atoms with Crippen LogP contribution in [0.2, 0.25) is 0 Å². The zero-order valence-corrected chi connectivity index (χ0v) is 17.4. The number of hydrogen-bond donors (Lipinski definition) is 2. The van der Waals surface area contributed by atoms with Crippen molar-refractivity contribution in [3.63, 3.8) is 0 Å². The number of nitro benzene ring substituents is 1. The van der Waals surface area contributed by atoms with Crippen LogP contribution < -0.4 is 10.0 Å². The molecule has 0 saturated carbocycles. The van der Waals surface area contributed by atoms with Gasteiger partial charge < -0.3 is 0 Å². The van der Waals surface area contributed by atoms with Crippen molar-refractivity contribution < 1.29 is 18.1 Å². The van der Waals surface area contributed by atoms with Gasteiger partial charge in [0, 0.05) is 30.7 Å². The van der Waals surface area contributed by atoms with Crippen LogP contribution in [0.3, 0.4) is 0 Å². The molecule has 0 aliphatic carbocycles. The molecule has 3 aromatic rings. The molecule has 1 aromatic heterocycles. The smallest absolute Gasteiger partial charge is 0.269 e. The Labute approximate surface area is 176 Å². The Morgan fingerprint density at radius 1 is 1.10 bits per heavy atom. The molecule has 2 aromatic carbocycles. The van der Waals surface area contributed by atoms with Gasteiger partial charge in [0.2, 0.25) is 15.2 Å². The summed E-state index contributed by atoms with van der Waals surface area (Å²) in [6.45, 7) is 2.00. The van der Waals surface area contributed by atoms with Crippen molar-refractivity contribution in [1.29, 1.82) is 0 Å². The fraction of sp³-hybridized carbons (Fsp3) is 0.167. The highest BCUT2D eigenvalue weighted by Gasteiger charge is 2.15. The Morgan fingerprint density at radius 2 is 1.77 bits per heavy atom. The Balaban J connectivity index is 1.54. The minimum atomic E-state index is -3.62. The summed E-state index contributed by atoms with van der Waals surface area (Å²) in [6, 6.07) is 11.7. The van der Waals surface area contributed by atoms with Crippen molar-refractivity contribution in [2.75, 3.05) is 11.9 Å². The van der Waals surface area contributed by atoms with Crippen LogP contribution in [0.25, 0.3) is 0 Å². The monoisotopic (exact) mass is 447 g/mol. The van der Waals surface area contributed by atoms with Gasteiger partial charge in [-0.1, -0.05) is 29.0 Å². The lowest BCUT2D eigenvalue weighted by molar-refractivity contribution is -0.384. The van der Waals surface area contributed by atoms with Gasteiger partial charge in [0.1, 0.15) is 5.01 Å². The fourth-order valence-corrected chi connectivity index (χ4v) is 4.17. The van der Waals surface area contributed by atoms with E-state index in [2.05, 4.69) is 20.2 Å². The van der Waals surface area contributed by atoms with E-state index in [9.17, 15) is 23.3 Å². The Bertz CT molecular complexity index is 1160. The van der Waals surface area contributed by atoms with E-state index < -0.39 is 20.9 Å². The van der Waals surface area contributed by atoms with Crippen molar-refractivity contribution in [2.24, 2.45) is 0 Å². The standard InChI is InChI=1S/C18H17N5O5S2/c1-12-2-8-15(9-3-12)30(27,28)19-11-10-16-21-22-18(29-16)20-17(24)13-4-6-14(7-5-13)23(25)26/h2-9,19H,10-11H2,1H3,(H,20,22,24). The van der Waals surface area contributed by atoms with E-state index in [0.29, 0.717) is 11.4 Å². The van der Waals surface area contributed by atoms with E-state index in [1.165, 1.54) is 36.4 Å². The number of amides is 1. The van der Waals surface area contributed by atoms with E-state index in [4.69, 9.17) is 0 Å². The predicted octanol–water partition coefficient (Wildman–Crippen LogP) is 2.53.